The first-order valence-electron chi connectivity index (χ1n) is 7.16. The van der Waals surface area contributed by atoms with Gasteiger partial charge in [-0.3, -0.25) is 0 Å². The maximum Gasteiger partial charge on any atom is 0.226 e. The van der Waals surface area contributed by atoms with Crippen molar-refractivity contribution in [2.24, 2.45) is 0 Å². The molecule has 0 saturated carbocycles. The van der Waals surface area contributed by atoms with Crippen LogP contribution in [0.2, 0.25) is 0 Å². The van der Waals surface area contributed by atoms with E-state index in [-0.39, 0.29) is 0 Å². The summed E-state index contributed by atoms with van der Waals surface area (Å²) >= 11 is 2.01. The third kappa shape index (κ3) is 2.82. The van der Waals surface area contributed by atoms with E-state index in [0.717, 1.165) is 48.8 Å². The summed E-state index contributed by atoms with van der Waals surface area (Å²) in [6.07, 6.45) is 3.94. The fraction of sp³-hybridized carbons (Fsp3) is 0.615. The number of hydrogen-bond acceptors (Lipinski definition) is 6. The topological polar surface area (TPSA) is 69.7 Å². The second kappa shape index (κ2) is 6.30. The van der Waals surface area contributed by atoms with Crippen LogP contribution in [0, 0.1) is 0 Å². The van der Waals surface area contributed by atoms with E-state index >= 15 is 0 Å². The zero-order valence-electron chi connectivity index (χ0n) is 11.7. The summed E-state index contributed by atoms with van der Waals surface area (Å²) < 4.78 is 0. The summed E-state index contributed by atoms with van der Waals surface area (Å²) in [7, 11) is 0. The van der Waals surface area contributed by atoms with Gasteiger partial charge >= 0.3 is 0 Å². The molecule has 0 unspecified atom stereocenters. The Hall–Kier alpha value is -1.50. The maximum atomic E-state index is 4.70. The number of imidazole rings is 1. The van der Waals surface area contributed by atoms with Crippen LogP contribution in [0.5, 0.6) is 0 Å². The van der Waals surface area contributed by atoms with Crippen LogP contribution >= 0.6 is 11.8 Å². The number of nitrogens with zero attached hydrogens (tertiary/aromatic N) is 4. The smallest absolute Gasteiger partial charge is 0.226 e. The van der Waals surface area contributed by atoms with Crippen LogP contribution in [0.1, 0.15) is 19.8 Å². The molecule has 0 aromatic carbocycles. The van der Waals surface area contributed by atoms with E-state index in [1.54, 1.807) is 6.33 Å². The molecule has 0 amide bonds. The lowest BCUT2D eigenvalue weighted by atomic mass is 10.3. The molecule has 1 saturated heterocycles. The number of hydrogen-bond donors (Lipinski definition) is 2. The molecule has 2 aromatic rings. The molecule has 3 rings (SSSR count). The molecule has 0 radical (unpaired) electrons. The van der Waals surface area contributed by atoms with Crippen molar-refractivity contribution >= 4 is 34.7 Å². The summed E-state index contributed by atoms with van der Waals surface area (Å²) in [5.74, 6) is 4.04. The number of thioether (sulfide) groups is 1. The number of nitrogens with one attached hydrogen (secondary N) is 2. The van der Waals surface area contributed by atoms with E-state index in [1.807, 2.05) is 11.8 Å². The third-order valence-electron chi connectivity index (χ3n) is 3.32. The van der Waals surface area contributed by atoms with Crippen LogP contribution in [0.15, 0.2) is 6.33 Å². The second-order valence-corrected chi connectivity index (χ2v) is 6.08. The Bertz CT molecular complexity index is 561. The Morgan fingerprint density at radius 3 is 3.20 bits per heavy atom. The van der Waals surface area contributed by atoms with Gasteiger partial charge in [0.15, 0.2) is 11.5 Å². The van der Waals surface area contributed by atoms with Gasteiger partial charge in [-0.25, -0.2) is 4.98 Å². The largest absolute Gasteiger partial charge is 0.354 e. The van der Waals surface area contributed by atoms with E-state index in [9.17, 15) is 0 Å². The lowest BCUT2D eigenvalue weighted by Gasteiger charge is -2.21. The van der Waals surface area contributed by atoms with Crippen molar-refractivity contribution in [2.75, 3.05) is 41.4 Å². The number of rotatable bonds is 4. The lowest BCUT2D eigenvalue weighted by Crippen LogP contribution is -2.27. The summed E-state index contributed by atoms with van der Waals surface area (Å²) in [5, 5.41) is 3.26. The van der Waals surface area contributed by atoms with Gasteiger partial charge in [-0.05, 0) is 18.6 Å². The highest BCUT2D eigenvalue weighted by Gasteiger charge is 2.17. The van der Waals surface area contributed by atoms with Crippen molar-refractivity contribution in [3.8, 4) is 0 Å². The van der Waals surface area contributed by atoms with E-state index in [0.29, 0.717) is 5.95 Å². The summed E-state index contributed by atoms with van der Waals surface area (Å²) in [4.78, 5) is 19.0. The highest BCUT2D eigenvalue weighted by Crippen LogP contribution is 2.24. The molecule has 7 heteroatoms. The Morgan fingerprint density at radius 1 is 1.35 bits per heavy atom. The zero-order valence-corrected chi connectivity index (χ0v) is 12.5. The average molecular weight is 292 g/mol. The Labute approximate surface area is 122 Å². The van der Waals surface area contributed by atoms with Gasteiger partial charge in [0, 0.05) is 25.4 Å². The highest BCUT2D eigenvalue weighted by atomic mass is 32.2. The molecule has 6 nitrogen and oxygen atoms in total. The molecule has 2 aromatic heterocycles. The molecular weight excluding hydrogens is 272 g/mol. The molecule has 0 bridgehead atoms. The zero-order chi connectivity index (χ0) is 13.8. The molecule has 1 aliphatic rings. The monoisotopic (exact) mass is 292 g/mol. The molecule has 20 heavy (non-hydrogen) atoms. The summed E-state index contributed by atoms with van der Waals surface area (Å²) in [6.45, 7) is 5.09. The van der Waals surface area contributed by atoms with Crippen molar-refractivity contribution in [1.29, 1.82) is 0 Å². The van der Waals surface area contributed by atoms with Crippen molar-refractivity contribution < 1.29 is 0 Å². The first-order valence-corrected chi connectivity index (χ1v) is 8.31. The molecule has 0 atom stereocenters. The molecule has 0 spiro atoms. The number of H-pyrrole nitrogens is 1. The first kappa shape index (κ1) is 13.5. The Kier molecular flexibility index (Phi) is 4.25. The van der Waals surface area contributed by atoms with Crippen LogP contribution in [-0.4, -0.2) is 51.1 Å². The van der Waals surface area contributed by atoms with Crippen molar-refractivity contribution in [1.82, 2.24) is 19.9 Å². The SMILES string of the molecule is CCCNc1nc(N2CCCSCC2)c2[nH]cnc2n1. The number of anilines is 2. The fourth-order valence-electron chi connectivity index (χ4n) is 2.32. The first-order chi connectivity index (χ1) is 9.88. The minimum atomic E-state index is 0.679. The van der Waals surface area contributed by atoms with Crippen LogP contribution in [-0.2, 0) is 0 Å². The minimum Gasteiger partial charge on any atom is -0.354 e. The molecule has 1 aliphatic heterocycles. The molecule has 108 valence electrons. The quantitative estimate of drug-likeness (QED) is 0.899. The Morgan fingerprint density at radius 2 is 2.30 bits per heavy atom. The maximum absolute atomic E-state index is 4.70. The van der Waals surface area contributed by atoms with Gasteiger partial charge in [-0.1, -0.05) is 6.92 Å². The normalized spacial score (nSPS) is 16.4. The second-order valence-electron chi connectivity index (χ2n) is 4.85. The van der Waals surface area contributed by atoms with E-state index in [2.05, 4.69) is 32.1 Å². The van der Waals surface area contributed by atoms with Gasteiger partial charge in [-0.15, -0.1) is 0 Å². The molecule has 1 fully saturated rings. The van der Waals surface area contributed by atoms with Crippen molar-refractivity contribution in [3.63, 3.8) is 0 Å². The molecule has 2 N–H and O–H groups in total. The minimum absolute atomic E-state index is 0.679. The van der Waals surface area contributed by atoms with Gasteiger partial charge in [0.25, 0.3) is 0 Å². The predicted octanol–water partition coefficient (Wildman–Crippen LogP) is 2.12. The van der Waals surface area contributed by atoms with Crippen LogP contribution in [0.4, 0.5) is 11.8 Å². The van der Waals surface area contributed by atoms with Gasteiger partial charge in [0.1, 0.15) is 5.52 Å². The van der Waals surface area contributed by atoms with Crippen molar-refractivity contribution in [3.05, 3.63) is 6.33 Å². The Balaban J connectivity index is 1.95. The summed E-state index contributed by atoms with van der Waals surface area (Å²) in [6, 6.07) is 0. The average Bonchev–Trinajstić information content (AvgIpc) is 2.77. The number of aromatic amines is 1. The van der Waals surface area contributed by atoms with Crippen molar-refractivity contribution in [2.45, 2.75) is 19.8 Å². The van der Waals surface area contributed by atoms with Gasteiger partial charge in [0.2, 0.25) is 5.95 Å². The third-order valence-corrected chi connectivity index (χ3v) is 4.37. The fourth-order valence-corrected chi connectivity index (χ4v) is 3.21. The van der Waals surface area contributed by atoms with E-state index < -0.39 is 0 Å². The van der Waals surface area contributed by atoms with Gasteiger partial charge < -0.3 is 15.2 Å². The summed E-state index contributed by atoms with van der Waals surface area (Å²) in [5.41, 5.74) is 1.68. The highest BCUT2D eigenvalue weighted by molar-refractivity contribution is 7.99. The van der Waals surface area contributed by atoms with Crippen LogP contribution < -0.4 is 10.2 Å². The van der Waals surface area contributed by atoms with Crippen LogP contribution in [0.3, 0.4) is 0 Å². The standard InChI is InChI=1S/C13H20N6S/c1-2-4-14-13-17-11-10(15-9-16-11)12(18-13)19-5-3-7-20-8-6-19/h9H,2-8H2,1H3,(H2,14,15,16,17,18). The van der Waals surface area contributed by atoms with Gasteiger partial charge in [0.05, 0.1) is 6.33 Å². The van der Waals surface area contributed by atoms with E-state index in [4.69, 9.17) is 4.98 Å². The number of fused-ring (bicyclic) bond motifs is 1. The van der Waals surface area contributed by atoms with Crippen LogP contribution in [0.25, 0.3) is 11.2 Å². The van der Waals surface area contributed by atoms with E-state index in [1.165, 1.54) is 12.2 Å². The lowest BCUT2D eigenvalue weighted by molar-refractivity contribution is 0.802. The molecule has 0 aliphatic carbocycles. The number of aromatic nitrogens is 4. The predicted molar refractivity (Wildman–Crippen MR) is 84.6 cm³/mol. The van der Waals surface area contributed by atoms with Gasteiger partial charge in [-0.2, -0.15) is 21.7 Å². The molecular formula is C13H20N6S. The molecule has 3 heterocycles.